The molecule has 1 N–H and O–H groups in total. The molecule has 0 aliphatic carbocycles. The minimum atomic E-state index is -0.680. The minimum Gasteiger partial charge on any atom is -0.355 e. The van der Waals surface area contributed by atoms with Crippen LogP contribution in [0.2, 0.25) is 0 Å². The molecule has 0 saturated carbocycles. The van der Waals surface area contributed by atoms with E-state index in [-0.39, 0.29) is 28.1 Å². The third-order valence-electron chi connectivity index (χ3n) is 1.88. The van der Waals surface area contributed by atoms with Gasteiger partial charge in [-0.25, -0.2) is 4.39 Å². The van der Waals surface area contributed by atoms with Crippen LogP contribution in [0.1, 0.15) is 20.7 Å². The van der Waals surface area contributed by atoms with E-state index in [1.165, 1.54) is 19.2 Å². The van der Waals surface area contributed by atoms with E-state index in [2.05, 4.69) is 21.2 Å². The molecule has 0 radical (unpaired) electrons. The van der Waals surface area contributed by atoms with Gasteiger partial charge in [0, 0.05) is 12.6 Å². The lowest BCUT2D eigenvalue weighted by atomic mass is 10.1. The molecule has 0 unspecified atom stereocenters. The zero-order valence-electron chi connectivity index (χ0n) is 8.01. The third-order valence-corrected chi connectivity index (χ3v) is 2.39. The van der Waals surface area contributed by atoms with Crippen molar-refractivity contribution in [2.45, 2.75) is 0 Å². The van der Waals surface area contributed by atoms with Gasteiger partial charge in [-0.2, -0.15) is 0 Å². The molecule has 0 bridgehead atoms. The van der Waals surface area contributed by atoms with Crippen LogP contribution in [0.5, 0.6) is 0 Å². The number of nitrogens with one attached hydrogen (secondary N) is 1. The number of ketones is 1. The van der Waals surface area contributed by atoms with Crippen molar-refractivity contribution in [1.29, 1.82) is 0 Å². The third kappa shape index (κ3) is 2.62. The van der Waals surface area contributed by atoms with E-state index in [9.17, 15) is 14.0 Å². The van der Waals surface area contributed by atoms with Crippen LogP contribution < -0.4 is 5.32 Å². The summed E-state index contributed by atoms with van der Waals surface area (Å²) in [7, 11) is 1.46. The maximum Gasteiger partial charge on any atom is 0.251 e. The molecule has 0 aliphatic rings. The summed E-state index contributed by atoms with van der Waals surface area (Å²) in [6.45, 7) is 0. The van der Waals surface area contributed by atoms with Gasteiger partial charge in [0.2, 0.25) is 0 Å². The number of Topliss-reactive ketones (excluding diaryl/α,β-unsaturated/α-hetero) is 1. The molecule has 0 heterocycles. The Morgan fingerprint density at radius 3 is 2.60 bits per heavy atom. The molecular formula is C10H9BrFNO2. The molecule has 0 fully saturated rings. The number of halogens is 2. The summed E-state index contributed by atoms with van der Waals surface area (Å²) in [6, 6.07) is 3.77. The van der Waals surface area contributed by atoms with Crippen LogP contribution in [0.3, 0.4) is 0 Å². The molecule has 3 nitrogen and oxygen atoms in total. The Labute approximate surface area is 94.8 Å². The smallest absolute Gasteiger partial charge is 0.251 e. The second kappa shape index (κ2) is 5.02. The van der Waals surface area contributed by atoms with E-state index in [4.69, 9.17) is 0 Å². The van der Waals surface area contributed by atoms with Gasteiger partial charge in [-0.05, 0) is 18.2 Å². The van der Waals surface area contributed by atoms with Gasteiger partial charge in [0.25, 0.3) is 5.91 Å². The van der Waals surface area contributed by atoms with Crippen molar-refractivity contribution in [3.8, 4) is 0 Å². The molecule has 0 aliphatic heterocycles. The molecule has 5 heteroatoms. The van der Waals surface area contributed by atoms with E-state index in [1.807, 2.05) is 0 Å². The molecule has 0 aromatic heterocycles. The first-order valence-corrected chi connectivity index (χ1v) is 5.33. The fraction of sp³-hybridized carbons (Fsp3) is 0.200. The van der Waals surface area contributed by atoms with Crippen molar-refractivity contribution in [3.63, 3.8) is 0 Å². The van der Waals surface area contributed by atoms with Crippen LogP contribution in [0.4, 0.5) is 4.39 Å². The predicted molar refractivity (Wildman–Crippen MR) is 57.9 cm³/mol. The lowest BCUT2D eigenvalue weighted by Gasteiger charge is -2.03. The summed E-state index contributed by atoms with van der Waals surface area (Å²) in [5, 5.41) is 2.43. The highest BCUT2D eigenvalue weighted by molar-refractivity contribution is 9.09. The Balaban J connectivity index is 3.08. The second-order valence-electron chi connectivity index (χ2n) is 2.83. The topological polar surface area (TPSA) is 46.2 Å². The fourth-order valence-corrected chi connectivity index (χ4v) is 1.40. The largest absolute Gasteiger partial charge is 0.355 e. The molecule has 15 heavy (non-hydrogen) atoms. The van der Waals surface area contributed by atoms with Crippen molar-refractivity contribution in [2.75, 3.05) is 12.4 Å². The summed E-state index contributed by atoms with van der Waals surface area (Å²) in [6.07, 6.45) is 0. The fourth-order valence-electron chi connectivity index (χ4n) is 1.10. The van der Waals surface area contributed by atoms with Gasteiger partial charge in [0.1, 0.15) is 5.82 Å². The van der Waals surface area contributed by atoms with Gasteiger partial charge in [-0.3, -0.25) is 9.59 Å². The first-order valence-electron chi connectivity index (χ1n) is 4.21. The molecule has 1 aromatic rings. The Kier molecular flexibility index (Phi) is 3.96. The number of carbonyl (C=O) groups is 2. The zero-order valence-corrected chi connectivity index (χ0v) is 9.60. The number of hydrogen-bond donors (Lipinski definition) is 1. The van der Waals surface area contributed by atoms with Gasteiger partial charge in [0.05, 0.1) is 10.9 Å². The maximum absolute atomic E-state index is 13.4. The number of carbonyl (C=O) groups excluding carboxylic acids is 2. The first kappa shape index (κ1) is 11.8. The Hall–Kier alpha value is -1.23. The van der Waals surface area contributed by atoms with E-state index >= 15 is 0 Å². The van der Waals surface area contributed by atoms with Crippen molar-refractivity contribution >= 4 is 27.6 Å². The highest BCUT2D eigenvalue weighted by Crippen LogP contribution is 2.12. The average molecular weight is 274 g/mol. The minimum absolute atomic E-state index is 0.0143. The van der Waals surface area contributed by atoms with Gasteiger partial charge in [0.15, 0.2) is 5.78 Å². The number of hydrogen-bond acceptors (Lipinski definition) is 2. The molecule has 1 amide bonds. The van der Waals surface area contributed by atoms with E-state index in [0.29, 0.717) is 0 Å². The molecule has 1 aromatic carbocycles. The monoisotopic (exact) mass is 273 g/mol. The Bertz CT molecular complexity index is 406. The lowest BCUT2D eigenvalue weighted by Crippen LogP contribution is -2.18. The lowest BCUT2D eigenvalue weighted by molar-refractivity contribution is 0.0959. The second-order valence-corrected chi connectivity index (χ2v) is 3.39. The molecule has 0 spiro atoms. The maximum atomic E-state index is 13.4. The van der Waals surface area contributed by atoms with Crippen LogP contribution in [-0.4, -0.2) is 24.1 Å². The van der Waals surface area contributed by atoms with Crippen molar-refractivity contribution < 1.29 is 14.0 Å². The summed E-state index contributed by atoms with van der Waals surface area (Å²) in [5.41, 5.74) is 0.181. The summed E-state index contributed by atoms with van der Waals surface area (Å²) in [4.78, 5) is 22.3. The Morgan fingerprint density at radius 1 is 1.47 bits per heavy atom. The van der Waals surface area contributed by atoms with Crippen molar-refractivity contribution in [3.05, 3.63) is 35.1 Å². The van der Waals surface area contributed by atoms with Crippen LogP contribution in [0.25, 0.3) is 0 Å². The van der Waals surface area contributed by atoms with Gasteiger partial charge in [-0.1, -0.05) is 15.9 Å². The van der Waals surface area contributed by atoms with Gasteiger partial charge in [-0.15, -0.1) is 0 Å². The van der Waals surface area contributed by atoms with Crippen LogP contribution in [0, 0.1) is 5.82 Å². The Morgan fingerprint density at radius 2 is 2.13 bits per heavy atom. The normalized spacial score (nSPS) is 9.80. The first-order chi connectivity index (χ1) is 7.10. The van der Waals surface area contributed by atoms with Crippen LogP contribution in [-0.2, 0) is 0 Å². The predicted octanol–water partition coefficient (Wildman–Crippen LogP) is 1.76. The number of benzene rings is 1. The molecule has 1 rings (SSSR count). The SMILES string of the molecule is CNC(=O)c1ccc(C(=O)CBr)c(F)c1. The molecule has 0 saturated heterocycles. The van der Waals surface area contributed by atoms with E-state index < -0.39 is 5.82 Å². The zero-order chi connectivity index (χ0) is 11.4. The summed E-state index contributed by atoms with van der Waals surface area (Å²) < 4.78 is 13.4. The number of amides is 1. The molecule has 80 valence electrons. The summed E-state index contributed by atoms with van der Waals surface area (Å²) >= 11 is 2.95. The summed E-state index contributed by atoms with van der Waals surface area (Å²) in [5.74, 6) is -1.41. The number of rotatable bonds is 3. The van der Waals surface area contributed by atoms with E-state index in [1.54, 1.807) is 0 Å². The van der Waals surface area contributed by atoms with Crippen LogP contribution >= 0.6 is 15.9 Å². The molecular weight excluding hydrogens is 265 g/mol. The average Bonchev–Trinajstić information content (AvgIpc) is 2.26. The standard InChI is InChI=1S/C10H9BrFNO2/c1-13-10(15)6-2-3-7(8(12)4-6)9(14)5-11/h2-4H,5H2,1H3,(H,13,15). The van der Waals surface area contributed by atoms with Gasteiger partial charge < -0.3 is 5.32 Å². The molecule has 0 atom stereocenters. The van der Waals surface area contributed by atoms with Crippen molar-refractivity contribution in [2.24, 2.45) is 0 Å². The van der Waals surface area contributed by atoms with Gasteiger partial charge >= 0.3 is 0 Å². The number of alkyl halides is 1. The quantitative estimate of drug-likeness (QED) is 0.674. The van der Waals surface area contributed by atoms with Crippen LogP contribution in [0.15, 0.2) is 18.2 Å². The van der Waals surface area contributed by atoms with Crippen molar-refractivity contribution in [1.82, 2.24) is 5.32 Å². The highest BCUT2D eigenvalue weighted by atomic mass is 79.9. The highest BCUT2D eigenvalue weighted by Gasteiger charge is 2.12. The van der Waals surface area contributed by atoms with E-state index in [0.717, 1.165) is 6.07 Å².